The first-order chi connectivity index (χ1) is 14.3. The Bertz CT molecular complexity index is 1220. The molecule has 2 N–H and O–H groups in total. The molecule has 0 saturated heterocycles. The molecule has 0 bridgehead atoms. The van der Waals surface area contributed by atoms with Crippen LogP contribution >= 0.6 is 0 Å². The van der Waals surface area contributed by atoms with Gasteiger partial charge in [0, 0.05) is 29.7 Å². The number of aromatic nitrogens is 3. The predicted octanol–water partition coefficient (Wildman–Crippen LogP) is 5.97. The minimum Gasteiger partial charge on any atom is -0.360 e. The first kappa shape index (κ1) is 17.3. The minimum atomic E-state index is 0.883. The third-order valence-electron chi connectivity index (χ3n) is 5.10. The Morgan fingerprint density at radius 3 is 1.69 bits per heavy atom. The SMILES string of the molecule is CCn1c2cc(N=Cc3ccc[nH]3)ccc2c2ccc(N=Cc3ccc[nH]3)cc21. The van der Waals surface area contributed by atoms with Crippen molar-refractivity contribution in [2.24, 2.45) is 9.98 Å². The first-order valence-electron chi connectivity index (χ1n) is 9.73. The summed E-state index contributed by atoms with van der Waals surface area (Å²) in [4.78, 5) is 15.5. The van der Waals surface area contributed by atoms with Crippen LogP contribution in [0.4, 0.5) is 11.4 Å². The molecule has 0 aliphatic carbocycles. The maximum atomic E-state index is 4.62. The Hall–Kier alpha value is -3.86. The molecule has 0 aliphatic heterocycles. The lowest BCUT2D eigenvalue weighted by Gasteiger charge is -2.04. The van der Waals surface area contributed by atoms with Gasteiger partial charge in [-0.25, -0.2) is 0 Å². The molecule has 29 heavy (non-hydrogen) atoms. The number of H-pyrrole nitrogens is 2. The fourth-order valence-corrected chi connectivity index (χ4v) is 3.71. The van der Waals surface area contributed by atoms with Crippen LogP contribution in [0, 0.1) is 0 Å². The van der Waals surface area contributed by atoms with E-state index in [0.717, 1.165) is 29.3 Å². The smallest absolute Gasteiger partial charge is 0.0651 e. The van der Waals surface area contributed by atoms with Crippen LogP contribution in [-0.4, -0.2) is 27.0 Å². The molecule has 5 heteroatoms. The van der Waals surface area contributed by atoms with Gasteiger partial charge < -0.3 is 14.5 Å². The molecule has 5 aromatic rings. The number of hydrogen-bond acceptors (Lipinski definition) is 2. The second kappa shape index (κ2) is 7.28. The number of aryl methyl sites for hydroxylation is 1. The molecule has 142 valence electrons. The van der Waals surface area contributed by atoms with Crippen molar-refractivity contribution < 1.29 is 0 Å². The summed E-state index contributed by atoms with van der Waals surface area (Å²) in [5.41, 5.74) is 6.24. The van der Waals surface area contributed by atoms with Crippen LogP contribution in [0.1, 0.15) is 18.3 Å². The number of nitrogens with zero attached hydrogens (tertiary/aromatic N) is 3. The zero-order valence-electron chi connectivity index (χ0n) is 16.1. The topological polar surface area (TPSA) is 61.2 Å². The molecule has 0 amide bonds. The maximum absolute atomic E-state index is 4.62. The average molecular weight is 379 g/mol. The third-order valence-corrected chi connectivity index (χ3v) is 5.10. The van der Waals surface area contributed by atoms with E-state index in [9.17, 15) is 0 Å². The Balaban J connectivity index is 1.58. The van der Waals surface area contributed by atoms with Crippen LogP contribution < -0.4 is 0 Å². The van der Waals surface area contributed by atoms with Crippen molar-refractivity contribution in [1.82, 2.24) is 14.5 Å². The van der Waals surface area contributed by atoms with Crippen molar-refractivity contribution in [3.63, 3.8) is 0 Å². The molecule has 0 radical (unpaired) electrons. The molecule has 5 rings (SSSR count). The van der Waals surface area contributed by atoms with Crippen LogP contribution in [0.15, 0.2) is 83.0 Å². The van der Waals surface area contributed by atoms with E-state index in [0.29, 0.717) is 0 Å². The molecule has 3 aromatic heterocycles. The van der Waals surface area contributed by atoms with E-state index in [-0.39, 0.29) is 0 Å². The highest BCUT2D eigenvalue weighted by Crippen LogP contribution is 2.33. The lowest BCUT2D eigenvalue weighted by atomic mass is 10.1. The van der Waals surface area contributed by atoms with Crippen LogP contribution in [0.25, 0.3) is 21.8 Å². The number of benzene rings is 2. The van der Waals surface area contributed by atoms with E-state index in [1.165, 1.54) is 21.8 Å². The predicted molar refractivity (Wildman–Crippen MR) is 121 cm³/mol. The number of nitrogens with one attached hydrogen (secondary N) is 2. The molecular formula is C24H21N5. The molecule has 2 aromatic carbocycles. The number of rotatable bonds is 5. The van der Waals surface area contributed by atoms with E-state index >= 15 is 0 Å². The zero-order valence-corrected chi connectivity index (χ0v) is 16.1. The molecular weight excluding hydrogens is 358 g/mol. The summed E-state index contributed by atoms with van der Waals surface area (Å²) in [6.07, 6.45) is 7.51. The van der Waals surface area contributed by atoms with Gasteiger partial charge in [0.2, 0.25) is 0 Å². The standard InChI is InChI=1S/C24H21N5/c1-2-29-23-13-17(27-15-19-5-3-11-25-19)7-9-21(23)22-10-8-18(14-24(22)29)28-16-20-6-4-12-26-20/h3-16,25-26H,2H2,1H3. The second-order valence-electron chi connectivity index (χ2n) is 6.91. The van der Waals surface area contributed by atoms with Gasteiger partial charge in [-0.2, -0.15) is 0 Å². The van der Waals surface area contributed by atoms with E-state index in [2.05, 4.69) is 67.8 Å². The summed E-state index contributed by atoms with van der Waals surface area (Å²) in [7, 11) is 0. The lowest BCUT2D eigenvalue weighted by Crippen LogP contribution is -1.92. The van der Waals surface area contributed by atoms with Gasteiger partial charge in [-0.05, 0) is 55.5 Å². The highest BCUT2D eigenvalue weighted by Gasteiger charge is 2.10. The summed E-state index contributed by atoms with van der Waals surface area (Å²) in [6.45, 7) is 3.05. The van der Waals surface area contributed by atoms with E-state index in [1.807, 2.05) is 49.1 Å². The van der Waals surface area contributed by atoms with Gasteiger partial charge in [0.25, 0.3) is 0 Å². The number of hydrogen-bond donors (Lipinski definition) is 2. The fraction of sp³-hybridized carbons (Fsp3) is 0.0833. The average Bonchev–Trinajstić information content (AvgIpc) is 3.50. The molecule has 0 atom stereocenters. The highest BCUT2D eigenvalue weighted by molar-refractivity contribution is 6.09. The Labute approximate surface area is 168 Å². The van der Waals surface area contributed by atoms with Gasteiger partial charge in [0.1, 0.15) is 0 Å². The first-order valence-corrected chi connectivity index (χ1v) is 9.73. The molecule has 0 saturated carbocycles. The maximum Gasteiger partial charge on any atom is 0.0651 e. The minimum absolute atomic E-state index is 0.883. The van der Waals surface area contributed by atoms with Crippen molar-refractivity contribution in [2.75, 3.05) is 0 Å². The van der Waals surface area contributed by atoms with Crippen molar-refractivity contribution >= 4 is 45.6 Å². The van der Waals surface area contributed by atoms with Gasteiger partial charge in [-0.3, -0.25) is 9.98 Å². The Morgan fingerprint density at radius 2 is 1.28 bits per heavy atom. The molecule has 5 nitrogen and oxygen atoms in total. The molecule has 0 unspecified atom stereocenters. The highest BCUT2D eigenvalue weighted by atomic mass is 15.0. The summed E-state index contributed by atoms with van der Waals surface area (Å²) < 4.78 is 2.33. The van der Waals surface area contributed by atoms with Crippen molar-refractivity contribution in [3.8, 4) is 0 Å². The van der Waals surface area contributed by atoms with Crippen LogP contribution in [-0.2, 0) is 6.54 Å². The van der Waals surface area contributed by atoms with Crippen LogP contribution in [0.3, 0.4) is 0 Å². The number of aromatic amines is 2. The monoisotopic (exact) mass is 379 g/mol. The van der Waals surface area contributed by atoms with Gasteiger partial charge in [-0.15, -0.1) is 0 Å². The largest absolute Gasteiger partial charge is 0.360 e. The van der Waals surface area contributed by atoms with Gasteiger partial charge in [0.05, 0.1) is 46.2 Å². The van der Waals surface area contributed by atoms with Crippen molar-refractivity contribution in [2.45, 2.75) is 13.5 Å². The Kier molecular flexibility index (Phi) is 4.33. The van der Waals surface area contributed by atoms with E-state index in [1.54, 1.807) is 0 Å². The lowest BCUT2D eigenvalue weighted by molar-refractivity contribution is 0.827. The van der Waals surface area contributed by atoms with Crippen LogP contribution in [0.2, 0.25) is 0 Å². The second-order valence-corrected chi connectivity index (χ2v) is 6.91. The summed E-state index contributed by atoms with van der Waals surface area (Å²) >= 11 is 0. The van der Waals surface area contributed by atoms with Crippen LogP contribution in [0.5, 0.6) is 0 Å². The summed E-state index contributed by atoms with van der Waals surface area (Å²) in [5, 5.41) is 2.47. The zero-order chi connectivity index (χ0) is 19.6. The Morgan fingerprint density at radius 1 is 0.759 bits per heavy atom. The van der Waals surface area contributed by atoms with Gasteiger partial charge in [0.15, 0.2) is 0 Å². The van der Waals surface area contributed by atoms with E-state index < -0.39 is 0 Å². The quantitative estimate of drug-likeness (QED) is 0.353. The van der Waals surface area contributed by atoms with Gasteiger partial charge >= 0.3 is 0 Å². The summed E-state index contributed by atoms with van der Waals surface area (Å²) in [5.74, 6) is 0. The molecule has 0 aliphatic rings. The number of fused-ring (bicyclic) bond motifs is 3. The fourth-order valence-electron chi connectivity index (χ4n) is 3.71. The molecule has 0 spiro atoms. The molecule has 3 heterocycles. The number of aliphatic imine (C=N–C) groups is 2. The summed E-state index contributed by atoms with van der Waals surface area (Å²) in [6, 6.07) is 20.7. The molecule has 0 fully saturated rings. The third kappa shape index (κ3) is 3.27. The normalized spacial score (nSPS) is 12.2. The van der Waals surface area contributed by atoms with Crippen molar-refractivity contribution in [3.05, 3.63) is 84.4 Å². The van der Waals surface area contributed by atoms with Gasteiger partial charge in [-0.1, -0.05) is 12.1 Å². The van der Waals surface area contributed by atoms with Crippen molar-refractivity contribution in [1.29, 1.82) is 0 Å². The van der Waals surface area contributed by atoms with E-state index in [4.69, 9.17) is 0 Å².